The molecule has 2 N–H and O–H groups in total. The third-order valence-electron chi connectivity index (χ3n) is 6.39. The first-order valence-corrected chi connectivity index (χ1v) is 11.2. The first-order chi connectivity index (χ1) is 14.2. The van der Waals surface area contributed by atoms with Crippen LogP contribution < -0.4 is 10.6 Å². The van der Waals surface area contributed by atoms with E-state index in [4.69, 9.17) is 4.74 Å². The summed E-state index contributed by atoms with van der Waals surface area (Å²) in [6.45, 7) is 10.2. The van der Waals surface area contributed by atoms with E-state index in [1.165, 1.54) is 12.0 Å². The van der Waals surface area contributed by atoms with Gasteiger partial charge in [-0.15, -0.1) is 0 Å². The van der Waals surface area contributed by atoms with Crippen LogP contribution in [0.15, 0.2) is 30.3 Å². The topological polar surface area (TPSA) is 70.7 Å². The van der Waals surface area contributed by atoms with Gasteiger partial charge in [-0.05, 0) is 58.4 Å². The lowest BCUT2D eigenvalue weighted by Crippen LogP contribution is -2.48. The highest BCUT2D eigenvalue weighted by Crippen LogP contribution is 2.43. The molecule has 0 unspecified atom stereocenters. The molecule has 2 atom stereocenters. The summed E-state index contributed by atoms with van der Waals surface area (Å²) in [4.78, 5) is 26.7. The molecule has 0 spiro atoms. The van der Waals surface area contributed by atoms with Gasteiger partial charge >= 0.3 is 6.09 Å². The maximum Gasteiger partial charge on any atom is 0.407 e. The van der Waals surface area contributed by atoms with Crippen LogP contribution in [0, 0.1) is 5.92 Å². The molecule has 1 aliphatic carbocycles. The van der Waals surface area contributed by atoms with Gasteiger partial charge in [0.25, 0.3) is 0 Å². The maximum atomic E-state index is 12.6. The highest BCUT2D eigenvalue weighted by molar-refractivity contribution is 5.78. The first kappa shape index (κ1) is 22.6. The summed E-state index contributed by atoms with van der Waals surface area (Å²) in [6.07, 6.45) is 4.08. The summed E-state index contributed by atoms with van der Waals surface area (Å²) in [5, 5.41) is 6.06. The van der Waals surface area contributed by atoms with Crippen LogP contribution >= 0.6 is 0 Å². The fourth-order valence-corrected chi connectivity index (χ4v) is 4.60. The van der Waals surface area contributed by atoms with Crippen LogP contribution in [-0.2, 0) is 14.9 Å². The number of nitrogens with zero attached hydrogens (tertiary/aromatic N) is 1. The molecular weight excluding hydrogens is 378 g/mol. The van der Waals surface area contributed by atoms with Crippen LogP contribution in [0.5, 0.6) is 0 Å². The lowest BCUT2D eigenvalue weighted by atomic mass is 9.64. The molecule has 0 aromatic heterocycles. The van der Waals surface area contributed by atoms with Gasteiger partial charge in [-0.1, -0.05) is 36.8 Å². The number of likely N-dealkylation sites (tertiary alicyclic amines) is 1. The minimum Gasteiger partial charge on any atom is -0.444 e. The highest BCUT2D eigenvalue weighted by atomic mass is 16.6. The number of rotatable bonds is 7. The van der Waals surface area contributed by atoms with E-state index >= 15 is 0 Å². The Morgan fingerprint density at radius 1 is 1.17 bits per heavy atom. The Morgan fingerprint density at radius 3 is 2.47 bits per heavy atom. The quantitative estimate of drug-likeness (QED) is 0.715. The number of hydrogen-bond donors (Lipinski definition) is 2. The molecule has 1 saturated carbocycles. The molecule has 6 heteroatoms. The maximum absolute atomic E-state index is 12.6. The van der Waals surface area contributed by atoms with Crippen molar-refractivity contribution in [2.45, 2.75) is 70.4 Å². The minimum absolute atomic E-state index is 0.0878. The number of carbonyl (C=O) groups excluding carboxylic acids is 2. The second-order valence-electron chi connectivity index (χ2n) is 10.0. The van der Waals surface area contributed by atoms with E-state index in [2.05, 4.69) is 46.7 Å². The van der Waals surface area contributed by atoms with E-state index < -0.39 is 5.60 Å². The molecule has 1 aromatic rings. The standard InChI is InChI=1S/C24H37N3O3/c1-18-13-19(14-25-22(29)30-23(2,3)4)15-27(18)16-21(28)26-17-24(11-8-12-24)20-9-6-5-7-10-20/h5-7,9-10,18-19H,8,11-17H2,1-4H3,(H,25,29)(H,26,28)/t18-,19+/m1/s1. The van der Waals surface area contributed by atoms with Crippen molar-refractivity contribution in [1.29, 1.82) is 0 Å². The van der Waals surface area contributed by atoms with Crippen molar-refractivity contribution in [1.82, 2.24) is 15.5 Å². The summed E-state index contributed by atoms with van der Waals surface area (Å²) >= 11 is 0. The van der Waals surface area contributed by atoms with E-state index in [1.807, 2.05) is 26.8 Å². The normalized spacial score (nSPS) is 23.5. The molecule has 1 aromatic carbocycles. The van der Waals surface area contributed by atoms with Gasteiger partial charge in [0.2, 0.25) is 5.91 Å². The molecule has 0 radical (unpaired) electrons. The summed E-state index contributed by atoms with van der Waals surface area (Å²) < 4.78 is 5.30. The summed E-state index contributed by atoms with van der Waals surface area (Å²) in [5.74, 6) is 0.424. The van der Waals surface area contributed by atoms with Crippen LogP contribution in [0.25, 0.3) is 0 Å². The number of amides is 2. The van der Waals surface area contributed by atoms with Gasteiger partial charge in [-0.2, -0.15) is 0 Å². The Kier molecular flexibility index (Phi) is 7.06. The number of nitrogens with one attached hydrogen (secondary N) is 2. The average molecular weight is 416 g/mol. The molecule has 166 valence electrons. The van der Waals surface area contributed by atoms with Gasteiger partial charge in [0.05, 0.1) is 6.54 Å². The SMILES string of the molecule is C[C@@H]1C[C@@H](CNC(=O)OC(C)(C)C)CN1CC(=O)NCC1(c2ccccc2)CCC1. The summed E-state index contributed by atoms with van der Waals surface area (Å²) in [5.41, 5.74) is 0.946. The fraction of sp³-hybridized carbons (Fsp3) is 0.667. The van der Waals surface area contributed by atoms with E-state index in [0.29, 0.717) is 31.6 Å². The Balaban J connectivity index is 1.43. The van der Waals surface area contributed by atoms with Crippen molar-refractivity contribution in [3.8, 4) is 0 Å². The van der Waals surface area contributed by atoms with Crippen molar-refractivity contribution in [3.05, 3.63) is 35.9 Å². The van der Waals surface area contributed by atoms with Gasteiger partial charge in [0.15, 0.2) is 0 Å². The molecule has 1 saturated heterocycles. The third kappa shape index (κ3) is 5.97. The molecule has 3 rings (SSSR count). The number of ether oxygens (including phenoxy) is 1. The lowest BCUT2D eigenvalue weighted by molar-refractivity contribution is -0.122. The molecule has 2 aliphatic rings. The average Bonchev–Trinajstić information content (AvgIpc) is 2.98. The van der Waals surface area contributed by atoms with Gasteiger partial charge in [-0.3, -0.25) is 9.69 Å². The zero-order chi connectivity index (χ0) is 21.8. The van der Waals surface area contributed by atoms with Crippen molar-refractivity contribution in [3.63, 3.8) is 0 Å². The van der Waals surface area contributed by atoms with Gasteiger partial charge in [0.1, 0.15) is 5.60 Å². The first-order valence-electron chi connectivity index (χ1n) is 11.2. The molecule has 0 bridgehead atoms. The molecule has 30 heavy (non-hydrogen) atoms. The lowest BCUT2D eigenvalue weighted by Gasteiger charge is -2.42. The monoisotopic (exact) mass is 415 g/mol. The third-order valence-corrected chi connectivity index (χ3v) is 6.39. The van der Waals surface area contributed by atoms with Crippen molar-refractivity contribution >= 4 is 12.0 Å². The van der Waals surface area contributed by atoms with Gasteiger partial charge < -0.3 is 15.4 Å². The predicted molar refractivity (Wildman–Crippen MR) is 118 cm³/mol. The van der Waals surface area contributed by atoms with Crippen molar-refractivity contribution in [2.75, 3.05) is 26.2 Å². The van der Waals surface area contributed by atoms with Crippen LogP contribution in [0.4, 0.5) is 4.79 Å². The smallest absolute Gasteiger partial charge is 0.407 e. The molecule has 1 aliphatic heterocycles. The van der Waals surface area contributed by atoms with E-state index in [9.17, 15) is 9.59 Å². The highest BCUT2D eigenvalue weighted by Gasteiger charge is 2.39. The van der Waals surface area contributed by atoms with E-state index in [0.717, 1.165) is 25.8 Å². The number of hydrogen-bond acceptors (Lipinski definition) is 4. The van der Waals surface area contributed by atoms with Crippen LogP contribution in [0.2, 0.25) is 0 Å². The summed E-state index contributed by atoms with van der Waals surface area (Å²) in [6, 6.07) is 10.9. The number of alkyl carbamates (subject to hydrolysis) is 1. The van der Waals surface area contributed by atoms with Gasteiger partial charge in [-0.25, -0.2) is 4.79 Å². The second kappa shape index (κ2) is 9.38. The molecule has 2 amide bonds. The molecular formula is C24H37N3O3. The fourth-order valence-electron chi connectivity index (χ4n) is 4.60. The van der Waals surface area contributed by atoms with Crippen LogP contribution in [0.3, 0.4) is 0 Å². The Morgan fingerprint density at radius 2 is 1.87 bits per heavy atom. The number of carbonyl (C=O) groups is 2. The zero-order valence-electron chi connectivity index (χ0n) is 18.9. The largest absolute Gasteiger partial charge is 0.444 e. The summed E-state index contributed by atoms with van der Waals surface area (Å²) in [7, 11) is 0. The van der Waals surface area contributed by atoms with Crippen LogP contribution in [-0.4, -0.2) is 54.7 Å². The second-order valence-corrected chi connectivity index (χ2v) is 10.0. The van der Waals surface area contributed by atoms with E-state index in [-0.39, 0.29) is 17.4 Å². The van der Waals surface area contributed by atoms with Crippen molar-refractivity contribution in [2.24, 2.45) is 5.92 Å². The van der Waals surface area contributed by atoms with E-state index in [1.54, 1.807) is 0 Å². The number of benzene rings is 1. The Labute approximate surface area is 180 Å². The molecule has 2 fully saturated rings. The van der Waals surface area contributed by atoms with Crippen molar-refractivity contribution < 1.29 is 14.3 Å². The Hall–Kier alpha value is -2.08. The molecule has 1 heterocycles. The minimum atomic E-state index is -0.491. The predicted octanol–water partition coefficient (Wildman–Crippen LogP) is 3.46. The zero-order valence-corrected chi connectivity index (χ0v) is 18.9. The molecule has 6 nitrogen and oxygen atoms in total. The van der Waals surface area contributed by atoms with Gasteiger partial charge in [0, 0.05) is 31.1 Å². The Bertz CT molecular complexity index is 725. The van der Waals surface area contributed by atoms with Crippen LogP contribution in [0.1, 0.15) is 58.9 Å².